The molecule has 0 radical (unpaired) electrons. The van der Waals surface area contributed by atoms with Crippen molar-refractivity contribution in [1.82, 2.24) is 10.2 Å². The summed E-state index contributed by atoms with van der Waals surface area (Å²) in [6.45, 7) is 5.05. The molecule has 3 rings (SSSR count). The fraction of sp³-hybridized carbons (Fsp3) is 0.458. The van der Waals surface area contributed by atoms with Gasteiger partial charge in [-0.2, -0.15) is 0 Å². The van der Waals surface area contributed by atoms with Crippen LogP contribution >= 0.6 is 27.5 Å². The lowest BCUT2D eigenvalue weighted by molar-refractivity contribution is -0.123. The van der Waals surface area contributed by atoms with Crippen LogP contribution < -0.4 is 10.1 Å². The summed E-state index contributed by atoms with van der Waals surface area (Å²) in [5.41, 5.74) is 1.34. The summed E-state index contributed by atoms with van der Waals surface area (Å²) in [7, 11) is 0. The van der Waals surface area contributed by atoms with Gasteiger partial charge in [-0.1, -0.05) is 46.6 Å². The highest BCUT2D eigenvalue weighted by Crippen LogP contribution is 2.28. The highest BCUT2D eigenvalue weighted by molar-refractivity contribution is 9.10. The number of nitrogens with zero attached hydrogens (tertiary/aromatic N) is 1. The standard InChI is InChI=1S/C24H30BrClN2O3/c1-2-3-23(29)27-17-24(30)10-12-28(13-11-24)15-19-14-20(25)6-9-22(19)31-16-18-4-7-21(26)8-5-18/h4-9,14,30H,2-3,10-13,15-17H2,1H3,(H,27,29). The Kier molecular flexibility index (Phi) is 8.78. The molecule has 0 aliphatic carbocycles. The molecule has 5 nitrogen and oxygen atoms in total. The van der Waals surface area contributed by atoms with E-state index in [1.54, 1.807) is 0 Å². The van der Waals surface area contributed by atoms with Crippen LogP contribution in [0.1, 0.15) is 43.7 Å². The number of benzene rings is 2. The average Bonchev–Trinajstić information content (AvgIpc) is 2.75. The smallest absolute Gasteiger partial charge is 0.220 e. The number of hydrogen-bond acceptors (Lipinski definition) is 4. The highest BCUT2D eigenvalue weighted by atomic mass is 79.9. The van der Waals surface area contributed by atoms with Crippen molar-refractivity contribution < 1.29 is 14.6 Å². The SMILES string of the molecule is CCCC(=O)NCC1(O)CCN(Cc2cc(Br)ccc2OCc2ccc(Cl)cc2)CC1. The van der Waals surface area contributed by atoms with E-state index < -0.39 is 5.60 Å². The van der Waals surface area contributed by atoms with Gasteiger partial charge in [0.1, 0.15) is 12.4 Å². The topological polar surface area (TPSA) is 61.8 Å². The maximum absolute atomic E-state index is 11.7. The number of ether oxygens (including phenoxy) is 1. The monoisotopic (exact) mass is 508 g/mol. The molecule has 1 aliphatic rings. The molecular formula is C24H30BrClN2O3. The van der Waals surface area contributed by atoms with Crippen LogP contribution in [0, 0.1) is 0 Å². The first-order valence-corrected chi connectivity index (χ1v) is 11.9. The number of halogens is 2. The lowest BCUT2D eigenvalue weighted by atomic mass is 9.91. The molecule has 0 unspecified atom stereocenters. The second-order valence-electron chi connectivity index (χ2n) is 8.19. The van der Waals surface area contributed by atoms with Gasteiger partial charge in [0.15, 0.2) is 0 Å². The van der Waals surface area contributed by atoms with Gasteiger partial charge in [-0.05, 0) is 55.2 Å². The van der Waals surface area contributed by atoms with E-state index in [0.29, 0.717) is 37.4 Å². The predicted molar refractivity (Wildman–Crippen MR) is 127 cm³/mol. The van der Waals surface area contributed by atoms with Crippen LogP contribution in [0.15, 0.2) is 46.9 Å². The van der Waals surface area contributed by atoms with E-state index >= 15 is 0 Å². The number of carbonyl (C=O) groups excluding carboxylic acids is 1. The van der Waals surface area contributed by atoms with Crippen LogP contribution in [-0.2, 0) is 17.9 Å². The summed E-state index contributed by atoms with van der Waals surface area (Å²) in [5.74, 6) is 0.862. The van der Waals surface area contributed by atoms with Crippen LogP contribution in [0.25, 0.3) is 0 Å². The van der Waals surface area contributed by atoms with Crippen molar-refractivity contribution >= 4 is 33.4 Å². The summed E-state index contributed by atoms with van der Waals surface area (Å²) < 4.78 is 7.11. The van der Waals surface area contributed by atoms with Gasteiger partial charge in [0, 0.05) is 47.7 Å². The second kappa shape index (κ2) is 11.3. The summed E-state index contributed by atoms with van der Waals surface area (Å²) in [4.78, 5) is 14.0. The Bertz CT molecular complexity index is 868. The molecule has 1 aliphatic heterocycles. The van der Waals surface area contributed by atoms with Gasteiger partial charge in [-0.25, -0.2) is 0 Å². The van der Waals surface area contributed by atoms with E-state index in [0.717, 1.165) is 47.4 Å². The average molecular weight is 510 g/mol. The Hall–Kier alpha value is -1.60. The van der Waals surface area contributed by atoms with E-state index in [9.17, 15) is 9.90 Å². The van der Waals surface area contributed by atoms with E-state index in [4.69, 9.17) is 16.3 Å². The third kappa shape index (κ3) is 7.49. The third-order valence-electron chi connectivity index (χ3n) is 5.60. The number of likely N-dealkylation sites (tertiary alicyclic amines) is 1. The van der Waals surface area contributed by atoms with Crippen LogP contribution in [0.5, 0.6) is 5.75 Å². The van der Waals surface area contributed by atoms with Crippen molar-refractivity contribution in [2.24, 2.45) is 0 Å². The van der Waals surface area contributed by atoms with Crippen molar-refractivity contribution in [3.63, 3.8) is 0 Å². The minimum absolute atomic E-state index is 0.00923. The Morgan fingerprint density at radius 2 is 1.94 bits per heavy atom. The van der Waals surface area contributed by atoms with E-state index in [1.165, 1.54) is 0 Å². The fourth-order valence-corrected chi connectivity index (χ4v) is 4.21. The third-order valence-corrected chi connectivity index (χ3v) is 6.35. The molecule has 2 aromatic rings. The van der Waals surface area contributed by atoms with E-state index in [2.05, 4.69) is 32.2 Å². The zero-order valence-corrected chi connectivity index (χ0v) is 20.2. The molecule has 168 valence electrons. The lowest BCUT2D eigenvalue weighted by Crippen LogP contribution is -2.50. The van der Waals surface area contributed by atoms with Gasteiger partial charge >= 0.3 is 0 Å². The van der Waals surface area contributed by atoms with Crippen LogP contribution in [0.4, 0.5) is 0 Å². The number of rotatable bonds is 9. The first-order valence-electron chi connectivity index (χ1n) is 10.7. The van der Waals surface area contributed by atoms with Crippen molar-refractivity contribution in [3.05, 3.63) is 63.1 Å². The van der Waals surface area contributed by atoms with E-state index in [1.807, 2.05) is 43.3 Å². The Balaban J connectivity index is 1.55. The minimum Gasteiger partial charge on any atom is -0.489 e. The first-order chi connectivity index (χ1) is 14.9. The number of nitrogens with one attached hydrogen (secondary N) is 1. The number of carbonyl (C=O) groups is 1. The Labute approximate surface area is 197 Å². The molecule has 1 amide bonds. The molecule has 0 saturated carbocycles. The molecule has 1 fully saturated rings. The van der Waals surface area contributed by atoms with Crippen LogP contribution in [-0.4, -0.2) is 41.1 Å². The lowest BCUT2D eigenvalue weighted by Gasteiger charge is -2.38. The van der Waals surface area contributed by atoms with Crippen molar-refractivity contribution in [2.75, 3.05) is 19.6 Å². The summed E-state index contributed by atoms with van der Waals surface area (Å²) in [6.07, 6.45) is 2.58. The number of piperidine rings is 1. The van der Waals surface area contributed by atoms with Gasteiger partial charge in [0.2, 0.25) is 5.91 Å². The number of hydrogen-bond donors (Lipinski definition) is 2. The van der Waals surface area contributed by atoms with E-state index in [-0.39, 0.29) is 5.91 Å². The van der Waals surface area contributed by atoms with Gasteiger partial charge in [-0.15, -0.1) is 0 Å². The van der Waals surface area contributed by atoms with Gasteiger partial charge in [0.25, 0.3) is 0 Å². The zero-order valence-electron chi connectivity index (χ0n) is 17.9. The molecule has 0 bridgehead atoms. The highest BCUT2D eigenvalue weighted by Gasteiger charge is 2.32. The summed E-state index contributed by atoms with van der Waals surface area (Å²) in [6, 6.07) is 13.7. The maximum atomic E-state index is 11.7. The van der Waals surface area contributed by atoms with Gasteiger partial charge in [0.05, 0.1) is 5.60 Å². The van der Waals surface area contributed by atoms with Crippen LogP contribution in [0.2, 0.25) is 5.02 Å². The molecule has 2 N–H and O–H groups in total. The van der Waals surface area contributed by atoms with Gasteiger partial charge < -0.3 is 15.2 Å². The molecular weight excluding hydrogens is 480 g/mol. The maximum Gasteiger partial charge on any atom is 0.220 e. The molecule has 0 spiro atoms. The molecule has 1 saturated heterocycles. The fourth-order valence-electron chi connectivity index (χ4n) is 3.68. The Morgan fingerprint density at radius 1 is 1.23 bits per heavy atom. The predicted octanol–water partition coefficient (Wildman–Crippen LogP) is 4.92. The molecule has 7 heteroatoms. The molecule has 1 heterocycles. The second-order valence-corrected chi connectivity index (χ2v) is 9.55. The molecule has 2 aromatic carbocycles. The number of aliphatic hydroxyl groups is 1. The molecule has 0 aromatic heterocycles. The quantitative estimate of drug-likeness (QED) is 0.503. The van der Waals surface area contributed by atoms with Crippen LogP contribution in [0.3, 0.4) is 0 Å². The Morgan fingerprint density at radius 3 is 2.61 bits per heavy atom. The number of amides is 1. The van der Waals surface area contributed by atoms with Crippen molar-refractivity contribution in [1.29, 1.82) is 0 Å². The molecule has 0 atom stereocenters. The summed E-state index contributed by atoms with van der Waals surface area (Å²) in [5, 5.41) is 14.4. The van der Waals surface area contributed by atoms with Crippen molar-refractivity contribution in [2.45, 2.75) is 51.4 Å². The molecule has 31 heavy (non-hydrogen) atoms. The van der Waals surface area contributed by atoms with Gasteiger partial charge in [-0.3, -0.25) is 9.69 Å². The zero-order chi connectivity index (χ0) is 22.3. The normalized spacial score (nSPS) is 16.1. The largest absolute Gasteiger partial charge is 0.489 e. The minimum atomic E-state index is -0.828. The first kappa shape index (κ1) is 24.1. The van der Waals surface area contributed by atoms with Crippen molar-refractivity contribution in [3.8, 4) is 5.75 Å². The summed E-state index contributed by atoms with van der Waals surface area (Å²) >= 11 is 9.52.